The van der Waals surface area contributed by atoms with Crippen molar-refractivity contribution in [2.24, 2.45) is 5.73 Å². The third kappa shape index (κ3) is 4.75. The fraction of sp³-hybridized carbons (Fsp3) is 0.350. The van der Waals surface area contributed by atoms with Crippen molar-refractivity contribution in [3.63, 3.8) is 0 Å². The smallest absolute Gasteiger partial charge is 0.253 e. The molecule has 1 amide bonds. The molecule has 2 N–H and O–H groups in total. The Morgan fingerprint density at radius 2 is 1.73 bits per heavy atom. The van der Waals surface area contributed by atoms with E-state index in [-0.39, 0.29) is 5.91 Å². The van der Waals surface area contributed by atoms with Gasteiger partial charge in [-0.25, -0.2) is 0 Å². The number of halogens is 1. The highest BCUT2D eigenvalue weighted by atomic mass is 35.5. The van der Waals surface area contributed by atoms with E-state index in [9.17, 15) is 4.79 Å². The van der Waals surface area contributed by atoms with Gasteiger partial charge in [0.05, 0.1) is 5.02 Å². The van der Waals surface area contributed by atoms with Crippen LogP contribution < -0.4 is 10.5 Å². The Balaban J connectivity index is 1.43. The number of para-hydroxylation sites is 1. The van der Waals surface area contributed by atoms with Crippen molar-refractivity contribution >= 4 is 17.5 Å². The Morgan fingerprint density at radius 3 is 2.38 bits per heavy atom. The van der Waals surface area contributed by atoms with E-state index in [1.54, 1.807) is 0 Å². The first kappa shape index (κ1) is 18.7. The van der Waals surface area contributed by atoms with E-state index in [4.69, 9.17) is 22.1 Å². The minimum Gasteiger partial charge on any atom is -0.491 e. The van der Waals surface area contributed by atoms with Crippen molar-refractivity contribution in [2.75, 3.05) is 39.3 Å². The second-order valence-corrected chi connectivity index (χ2v) is 6.72. The number of nitrogens with two attached hydrogens (primary N) is 1. The monoisotopic (exact) mass is 373 g/mol. The summed E-state index contributed by atoms with van der Waals surface area (Å²) in [5.74, 6) is 0.796. The fourth-order valence-electron chi connectivity index (χ4n) is 2.99. The molecule has 0 bridgehead atoms. The predicted molar refractivity (Wildman–Crippen MR) is 104 cm³/mol. The van der Waals surface area contributed by atoms with Gasteiger partial charge in [0, 0.05) is 44.8 Å². The maximum Gasteiger partial charge on any atom is 0.253 e. The van der Waals surface area contributed by atoms with Crippen molar-refractivity contribution in [2.45, 2.75) is 6.54 Å². The minimum absolute atomic E-state index is 0.0838. The van der Waals surface area contributed by atoms with E-state index < -0.39 is 0 Å². The van der Waals surface area contributed by atoms with Gasteiger partial charge in [-0.1, -0.05) is 35.9 Å². The molecule has 3 rings (SSSR count). The Hall–Kier alpha value is -2.08. The zero-order valence-corrected chi connectivity index (χ0v) is 15.5. The lowest BCUT2D eigenvalue weighted by molar-refractivity contribution is 0.0620. The SMILES string of the molecule is NCc1ccc(C(=O)N2CCN(CCOc3ccccc3Cl)CC2)cc1. The summed E-state index contributed by atoms with van der Waals surface area (Å²) in [6.45, 7) is 5.03. The number of piperazine rings is 1. The number of nitrogens with zero attached hydrogens (tertiary/aromatic N) is 2. The summed E-state index contributed by atoms with van der Waals surface area (Å²) in [5, 5.41) is 0.628. The first-order valence-corrected chi connectivity index (χ1v) is 9.23. The minimum atomic E-state index is 0.0838. The lowest BCUT2D eigenvalue weighted by Gasteiger charge is -2.34. The van der Waals surface area contributed by atoms with Crippen molar-refractivity contribution in [3.8, 4) is 5.75 Å². The van der Waals surface area contributed by atoms with Crippen molar-refractivity contribution in [3.05, 3.63) is 64.7 Å². The topological polar surface area (TPSA) is 58.8 Å². The molecule has 1 saturated heterocycles. The van der Waals surface area contributed by atoms with Crippen LogP contribution in [-0.2, 0) is 6.54 Å². The summed E-state index contributed by atoms with van der Waals surface area (Å²) in [6, 6.07) is 15.0. The van der Waals surface area contributed by atoms with Crippen molar-refractivity contribution in [1.82, 2.24) is 9.80 Å². The average molecular weight is 374 g/mol. The maximum absolute atomic E-state index is 12.6. The highest BCUT2D eigenvalue weighted by Crippen LogP contribution is 2.23. The molecule has 1 aliphatic heterocycles. The van der Waals surface area contributed by atoms with Gasteiger partial charge >= 0.3 is 0 Å². The second kappa shape index (κ2) is 9.03. The van der Waals surface area contributed by atoms with E-state index in [2.05, 4.69) is 4.90 Å². The summed E-state index contributed by atoms with van der Waals surface area (Å²) in [7, 11) is 0. The highest BCUT2D eigenvalue weighted by molar-refractivity contribution is 6.32. The van der Waals surface area contributed by atoms with Gasteiger partial charge in [0.1, 0.15) is 12.4 Å². The van der Waals surface area contributed by atoms with Crippen LogP contribution in [0.15, 0.2) is 48.5 Å². The van der Waals surface area contributed by atoms with Crippen LogP contribution in [0, 0.1) is 0 Å². The second-order valence-electron chi connectivity index (χ2n) is 6.31. The largest absolute Gasteiger partial charge is 0.491 e. The van der Waals surface area contributed by atoms with E-state index >= 15 is 0 Å². The summed E-state index contributed by atoms with van der Waals surface area (Å²) in [4.78, 5) is 16.8. The highest BCUT2D eigenvalue weighted by Gasteiger charge is 2.22. The first-order valence-electron chi connectivity index (χ1n) is 8.85. The molecular formula is C20H24ClN3O2. The predicted octanol–water partition coefficient (Wildman–Crippen LogP) is 2.64. The molecule has 0 saturated carbocycles. The molecule has 2 aromatic carbocycles. The zero-order valence-electron chi connectivity index (χ0n) is 14.7. The maximum atomic E-state index is 12.6. The lowest BCUT2D eigenvalue weighted by atomic mass is 10.1. The quantitative estimate of drug-likeness (QED) is 0.845. The first-order chi connectivity index (χ1) is 12.7. The summed E-state index contributed by atoms with van der Waals surface area (Å²) >= 11 is 6.09. The van der Waals surface area contributed by atoms with Crippen molar-refractivity contribution < 1.29 is 9.53 Å². The van der Waals surface area contributed by atoms with Gasteiger partial charge in [-0.3, -0.25) is 9.69 Å². The molecule has 2 aromatic rings. The number of rotatable bonds is 6. The number of carbonyl (C=O) groups is 1. The number of amides is 1. The van der Waals surface area contributed by atoms with E-state index in [0.717, 1.165) is 43.9 Å². The molecular weight excluding hydrogens is 350 g/mol. The number of hydrogen-bond donors (Lipinski definition) is 1. The number of carbonyl (C=O) groups excluding carboxylic acids is 1. The molecule has 0 aromatic heterocycles. The molecule has 0 aliphatic carbocycles. The number of hydrogen-bond acceptors (Lipinski definition) is 4. The molecule has 5 nitrogen and oxygen atoms in total. The molecule has 0 unspecified atom stereocenters. The summed E-state index contributed by atoms with van der Waals surface area (Å²) in [6.07, 6.45) is 0. The molecule has 0 spiro atoms. The van der Waals surface area contributed by atoms with Gasteiger partial charge in [0.25, 0.3) is 5.91 Å². The van der Waals surface area contributed by atoms with E-state index in [0.29, 0.717) is 23.9 Å². The van der Waals surface area contributed by atoms with Crippen LogP contribution in [0.4, 0.5) is 0 Å². The van der Waals surface area contributed by atoms with Gasteiger partial charge in [0.2, 0.25) is 0 Å². The average Bonchev–Trinajstić information content (AvgIpc) is 2.69. The number of benzene rings is 2. The Kier molecular flexibility index (Phi) is 6.50. The molecule has 0 atom stereocenters. The van der Waals surface area contributed by atoms with Gasteiger partial charge < -0.3 is 15.4 Å². The molecule has 1 fully saturated rings. The van der Waals surface area contributed by atoms with Gasteiger partial charge in [0.15, 0.2) is 0 Å². The lowest BCUT2D eigenvalue weighted by Crippen LogP contribution is -2.49. The van der Waals surface area contributed by atoms with Crippen LogP contribution in [0.5, 0.6) is 5.75 Å². The zero-order chi connectivity index (χ0) is 18.4. The van der Waals surface area contributed by atoms with Crippen molar-refractivity contribution in [1.29, 1.82) is 0 Å². The Bertz CT molecular complexity index is 728. The van der Waals surface area contributed by atoms with Crippen LogP contribution in [-0.4, -0.2) is 55.0 Å². The molecule has 1 heterocycles. The third-order valence-corrected chi connectivity index (χ3v) is 4.91. The van der Waals surface area contributed by atoms with Crippen LogP contribution in [0.1, 0.15) is 15.9 Å². The van der Waals surface area contributed by atoms with E-state index in [1.165, 1.54) is 0 Å². The van der Waals surface area contributed by atoms with E-state index in [1.807, 2.05) is 53.4 Å². The summed E-state index contributed by atoms with van der Waals surface area (Å²) in [5.41, 5.74) is 7.35. The fourth-order valence-corrected chi connectivity index (χ4v) is 3.18. The third-order valence-electron chi connectivity index (χ3n) is 4.60. The van der Waals surface area contributed by atoms with Crippen LogP contribution in [0.2, 0.25) is 5.02 Å². The van der Waals surface area contributed by atoms with Crippen LogP contribution >= 0.6 is 11.6 Å². The van der Waals surface area contributed by atoms with Gasteiger partial charge in [-0.2, -0.15) is 0 Å². The Morgan fingerprint density at radius 1 is 1.04 bits per heavy atom. The summed E-state index contributed by atoms with van der Waals surface area (Å²) < 4.78 is 5.74. The molecule has 6 heteroatoms. The van der Waals surface area contributed by atoms with Gasteiger partial charge in [-0.05, 0) is 29.8 Å². The normalized spacial score (nSPS) is 15.1. The van der Waals surface area contributed by atoms with Crippen LogP contribution in [0.25, 0.3) is 0 Å². The molecule has 0 radical (unpaired) electrons. The Labute approximate surface area is 159 Å². The molecule has 26 heavy (non-hydrogen) atoms. The van der Waals surface area contributed by atoms with Gasteiger partial charge in [-0.15, -0.1) is 0 Å². The molecule has 138 valence electrons. The molecule has 1 aliphatic rings. The number of ether oxygens (including phenoxy) is 1. The standard InChI is InChI=1S/C20H24ClN3O2/c21-18-3-1-2-4-19(18)26-14-13-23-9-11-24(12-10-23)20(25)17-7-5-16(15-22)6-8-17/h1-8H,9-15,22H2. The van der Waals surface area contributed by atoms with Crippen LogP contribution in [0.3, 0.4) is 0 Å².